The highest BCUT2D eigenvalue weighted by Gasteiger charge is 2.30. The standard InChI is InChI=1S/C17H20N2O2/c1-21-16-8-5-14(11-19-16)13-3-6-15(7-4-13)17(20)9-2-10-18-12-17/h3-8,11,18,20H,2,9-10,12H2,1H3. The summed E-state index contributed by atoms with van der Waals surface area (Å²) in [5.74, 6) is 0.609. The highest BCUT2D eigenvalue weighted by Crippen LogP contribution is 2.30. The van der Waals surface area contributed by atoms with Crippen LogP contribution >= 0.6 is 0 Å². The maximum absolute atomic E-state index is 10.7. The Bertz CT molecular complexity index is 587. The Morgan fingerprint density at radius 1 is 1.14 bits per heavy atom. The molecule has 2 N–H and O–H groups in total. The molecule has 1 aromatic carbocycles. The van der Waals surface area contributed by atoms with Crippen LogP contribution in [0.3, 0.4) is 0 Å². The number of rotatable bonds is 3. The fourth-order valence-electron chi connectivity index (χ4n) is 2.78. The second-order valence-corrected chi connectivity index (χ2v) is 5.48. The van der Waals surface area contributed by atoms with Crippen LogP contribution in [0.15, 0.2) is 42.6 Å². The van der Waals surface area contributed by atoms with Gasteiger partial charge in [0.05, 0.1) is 7.11 Å². The molecule has 0 saturated carbocycles. The lowest BCUT2D eigenvalue weighted by Gasteiger charge is -2.33. The molecule has 1 unspecified atom stereocenters. The first kappa shape index (κ1) is 14.0. The molecular formula is C17H20N2O2. The summed E-state index contributed by atoms with van der Waals surface area (Å²) in [5.41, 5.74) is 2.35. The number of benzene rings is 1. The van der Waals surface area contributed by atoms with Crippen LogP contribution in [0.1, 0.15) is 18.4 Å². The second kappa shape index (κ2) is 5.84. The molecule has 1 fully saturated rings. The van der Waals surface area contributed by atoms with Gasteiger partial charge in [0.15, 0.2) is 0 Å². The molecule has 0 spiro atoms. The van der Waals surface area contributed by atoms with Crippen LogP contribution in [0.4, 0.5) is 0 Å². The van der Waals surface area contributed by atoms with Gasteiger partial charge in [0.25, 0.3) is 0 Å². The SMILES string of the molecule is COc1ccc(-c2ccc(C3(O)CCCNC3)cc2)cn1. The molecule has 2 aromatic rings. The Hall–Kier alpha value is -1.91. The van der Waals surface area contributed by atoms with Gasteiger partial charge in [0.2, 0.25) is 5.88 Å². The average Bonchev–Trinajstić information content (AvgIpc) is 2.56. The van der Waals surface area contributed by atoms with E-state index in [1.807, 2.05) is 36.4 Å². The van der Waals surface area contributed by atoms with Crippen LogP contribution in [0.2, 0.25) is 0 Å². The van der Waals surface area contributed by atoms with Crippen molar-refractivity contribution in [1.82, 2.24) is 10.3 Å². The van der Waals surface area contributed by atoms with E-state index in [9.17, 15) is 5.11 Å². The number of pyridine rings is 1. The number of aromatic nitrogens is 1. The lowest BCUT2D eigenvalue weighted by molar-refractivity contribution is 0.0123. The van der Waals surface area contributed by atoms with Gasteiger partial charge in [-0.3, -0.25) is 0 Å². The zero-order chi connectivity index (χ0) is 14.7. The van der Waals surface area contributed by atoms with E-state index in [2.05, 4.69) is 10.3 Å². The summed E-state index contributed by atoms with van der Waals surface area (Å²) >= 11 is 0. The molecular weight excluding hydrogens is 264 g/mol. The van der Waals surface area contributed by atoms with Gasteiger partial charge in [0, 0.05) is 24.4 Å². The van der Waals surface area contributed by atoms with Gasteiger partial charge in [-0.25, -0.2) is 4.98 Å². The van der Waals surface area contributed by atoms with Crippen molar-refractivity contribution in [2.45, 2.75) is 18.4 Å². The van der Waals surface area contributed by atoms with Gasteiger partial charge in [-0.15, -0.1) is 0 Å². The summed E-state index contributed by atoms with van der Waals surface area (Å²) in [7, 11) is 1.61. The summed E-state index contributed by atoms with van der Waals surface area (Å²) in [4.78, 5) is 4.22. The van der Waals surface area contributed by atoms with Crippen LogP contribution < -0.4 is 10.1 Å². The molecule has 1 aliphatic heterocycles. The Balaban J connectivity index is 1.82. The lowest BCUT2D eigenvalue weighted by atomic mass is 9.86. The molecule has 0 bridgehead atoms. The second-order valence-electron chi connectivity index (χ2n) is 5.48. The van der Waals surface area contributed by atoms with E-state index in [0.717, 1.165) is 36.1 Å². The zero-order valence-electron chi connectivity index (χ0n) is 12.2. The maximum atomic E-state index is 10.7. The predicted molar refractivity (Wildman–Crippen MR) is 82.2 cm³/mol. The van der Waals surface area contributed by atoms with Gasteiger partial charge in [-0.1, -0.05) is 24.3 Å². The van der Waals surface area contributed by atoms with E-state index in [1.165, 1.54) is 0 Å². The van der Waals surface area contributed by atoms with Crippen molar-refractivity contribution in [3.8, 4) is 17.0 Å². The molecule has 1 atom stereocenters. The quantitative estimate of drug-likeness (QED) is 0.908. The third-order valence-electron chi connectivity index (χ3n) is 4.06. The Kier molecular flexibility index (Phi) is 3.90. The highest BCUT2D eigenvalue weighted by molar-refractivity contribution is 5.63. The molecule has 3 rings (SSSR count). The molecule has 0 aliphatic carbocycles. The van der Waals surface area contributed by atoms with Gasteiger partial charge in [-0.05, 0) is 36.6 Å². The number of hydrogen-bond donors (Lipinski definition) is 2. The van der Waals surface area contributed by atoms with Gasteiger partial charge < -0.3 is 15.2 Å². The Labute approximate surface area is 124 Å². The normalized spacial score (nSPS) is 22.0. The van der Waals surface area contributed by atoms with Crippen molar-refractivity contribution < 1.29 is 9.84 Å². The fourth-order valence-corrected chi connectivity index (χ4v) is 2.78. The van der Waals surface area contributed by atoms with E-state index < -0.39 is 5.60 Å². The minimum absolute atomic E-state index is 0.609. The lowest BCUT2D eigenvalue weighted by Crippen LogP contribution is -2.43. The average molecular weight is 284 g/mol. The summed E-state index contributed by atoms with van der Waals surface area (Å²) in [6.45, 7) is 1.61. The van der Waals surface area contributed by atoms with Crippen LogP contribution in [0.5, 0.6) is 5.88 Å². The first-order valence-corrected chi connectivity index (χ1v) is 7.25. The van der Waals surface area contributed by atoms with Gasteiger partial charge in [-0.2, -0.15) is 0 Å². The molecule has 0 radical (unpaired) electrons. The smallest absolute Gasteiger partial charge is 0.212 e. The molecule has 2 heterocycles. The first-order valence-electron chi connectivity index (χ1n) is 7.25. The summed E-state index contributed by atoms with van der Waals surface area (Å²) < 4.78 is 5.07. The van der Waals surface area contributed by atoms with Crippen molar-refractivity contribution in [2.24, 2.45) is 0 Å². The molecule has 4 nitrogen and oxygen atoms in total. The van der Waals surface area contributed by atoms with Crippen molar-refractivity contribution >= 4 is 0 Å². The summed E-state index contributed by atoms with van der Waals surface area (Å²) in [6.07, 6.45) is 3.61. The number of nitrogens with zero attached hydrogens (tertiary/aromatic N) is 1. The molecule has 1 saturated heterocycles. The fraction of sp³-hybridized carbons (Fsp3) is 0.353. The summed E-state index contributed by atoms with van der Waals surface area (Å²) in [5, 5.41) is 13.9. The van der Waals surface area contributed by atoms with Crippen LogP contribution in [0, 0.1) is 0 Å². The van der Waals surface area contributed by atoms with Crippen LogP contribution in [-0.4, -0.2) is 30.3 Å². The Morgan fingerprint density at radius 2 is 1.90 bits per heavy atom. The number of aliphatic hydroxyl groups is 1. The van der Waals surface area contributed by atoms with Crippen molar-refractivity contribution in [2.75, 3.05) is 20.2 Å². The number of nitrogens with one attached hydrogen (secondary N) is 1. The van der Waals surface area contributed by atoms with E-state index in [0.29, 0.717) is 12.4 Å². The maximum Gasteiger partial charge on any atom is 0.212 e. The minimum atomic E-state index is -0.741. The summed E-state index contributed by atoms with van der Waals surface area (Å²) in [6, 6.07) is 11.9. The molecule has 1 aliphatic rings. The monoisotopic (exact) mass is 284 g/mol. The molecule has 110 valence electrons. The largest absolute Gasteiger partial charge is 0.481 e. The number of piperidine rings is 1. The third kappa shape index (κ3) is 2.91. The molecule has 4 heteroatoms. The highest BCUT2D eigenvalue weighted by atomic mass is 16.5. The molecule has 0 amide bonds. The number of methoxy groups -OCH3 is 1. The molecule has 1 aromatic heterocycles. The van der Waals surface area contributed by atoms with Gasteiger partial charge >= 0.3 is 0 Å². The number of hydrogen-bond acceptors (Lipinski definition) is 4. The first-order chi connectivity index (χ1) is 10.2. The van der Waals surface area contributed by atoms with E-state index in [1.54, 1.807) is 13.3 Å². The minimum Gasteiger partial charge on any atom is -0.481 e. The van der Waals surface area contributed by atoms with Gasteiger partial charge in [0.1, 0.15) is 5.60 Å². The van der Waals surface area contributed by atoms with Crippen molar-refractivity contribution in [3.05, 3.63) is 48.2 Å². The third-order valence-corrected chi connectivity index (χ3v) is 4.06. The van der Waals surface area contributed by atoms with Crippen LogP contribution in [-0.2, 0) is 5.60 Å². The molecule has 21 heavy (non-hydrogen) atoms. The number of β-amino-alcohol motifs (C(OH)–C–C–N with tert-alkyl or cyclic N) is 1. The topological polar surface area (TPSA) is 54.4 Å². The zero-order valence-corrected chi connectivity index (χ0v) is 12.2. The van der Waals surface area contributed by atoms with E-state index in [4.69, 9.17) is 4.74 Å². The number of ether oxygens (including phenoxy) is 1. The van der Waals surface area contributed by atoms with E-state index in [-0.39, 0.29) is 0 Å². The van der Waals surface area contributed by atoms with E-state index >= 15 is 0 Å². The van der Waals surface area contributed by atoms with Crippen LogP contribution in [0.25, 0.3) is 11.1 Å². The van der Waals surface area contributed by atoms with Crippen molar-refractivity contribution in [1.29, 1.82) is 0 Å². The van der Waals surface area contributed by atoms with Crippen molar-refractivity contribution in [3.63, 3.8) is 0 Å². The Morgan fingerprint density at radius 3 is 2.48 bits per heavy atom. The predicted octanol–water partition coefficient (Wildman–Crippen LogP) is 2.33.